The van der Waals surface area contributed by atoms with E-state index in [0.717, 1.165) is 12.8 Å². The third-order valence-corrected chi connectivity index (χ3v) is 5.04. The minimum atomic E-state index is -3.51. The molecule has 2 aliphatic rings. The van der Waals surface area contributed by atoms with Gasteiger partial charge in [0.05, 0.1) is 16.8 Å². The van der Waals surface area contributed by atoms with Crippen LogP contribution in [-0.4, -0.2) is 21.1 Å². The van der Waals surface area contributed by atoms with Crippen LogP contribution in [0, 0.1) is 5.82 Å². The fraction of sp³-hybridized carbons (Fsp3) is 0.400. The lowest BCUT2D eigenvalue weighted by molar-refractivity contribution is 0.567. The Hall–Kier alpha value is -0.660. The van der Waals surface area contributed by atoms with Crippen LogP contribution in [0.2, 0.25) is 0 Å². The lowest BCUT2D eigenvalue weighted by Gasteiger charge is -2.31. The van der Waals surface area contributed by atoms with Crippen LogP contribution in [0.25, 0.3) is 0 Å². The molecule has 1 aromatic rings. The van der Waals surface area contributed by atoms with Crippen LogP contribution in [-0.2, 0) is 10.0 Å². The largest absolute Gasteiger partial charge is 0.354 e. The molecule has 1 fully saturated rings. The Morgan fingerprint density at radius 1 is 1.41 bits per heavy atom. The van der Waals surface area contributed by atoms with Gasteiger partial charge in [0.25, 0.3) is 0 Å². The van der Waals surface area contributed by atoms with E-state index >= 15 is 0 Å². The SMILES string of the molecule is O=S1(=O)NCN(C2CC2)c2cc(F)c(Br)cc21. The lowest BCUT2D eigenvalue weighted by Crippen LogP contribution is -2.44. The van der Waals surface area contributed by atoms with Crippen LogP contribution in [0.1, 0.15) is 12.8 Å². The molecule has 0 bridgehead atoms. The average Bonchev–Trinajstić information content (AvgIpc) is 3.05. The summed E-state index contributed by atoms with van der Waals surface area (Å²) in [6.07, 6.45) is 2.05. The fourth-order valence-electron chi connectivity index (χ4n) is 1.99. The Labute approximate surface area is 107 Å². The highest BCUT2D eigenvalue weighted by molar-refractivity contribution is 9.10. The minimum absolute atomic E-state index is 0.143. The van der Waals surface area contributed by atoms with Crippen molar-refractivity contribution in [1.29, 1.82) is 0 Å². The van der Waals surface area contributed by atoms with E-state index in [1.807, 2.05) is 4.90 Å². The highest BCUT2D eigenvalue weighted by atomic mass is 79.9. The summed E-state index contributed by atoms with van der Waals surface area (Å²) >= 11 is 3.01. The van der Waals surface area contributed by atoms with Gasteiger partial charge in [-0.25, -0.2) is 12.8 Å². The Balaban J connectivity index is 2.20. The molecule has 92 valence electrons. The van der Waals surface area contributed by atoms with Crippen LogP contribution in [0.5, 0.6) is 0 Å². The third-order valence-electron chi connectivity index (χ3n) is 3.01. The van der Waals surface area contributed by atoms with Crippen molar-refractivity contribution in [2.45, 2.75) is 23.8 Å². The molecule has 0 unspecified atom stereocenters. The van der Waals surface area contributed by atoms with Gasteiger partial charge in [0.2, 0.25) is 10.0 Å². The number of benzene rings is 1. The van der Waals surface area contributed by atoms with Gasteiger partial charge in [-0.15, -0.1) is 0 Å². The van der Waals surface area contributed by atoms with Gasteiger partial charge in [0, 0.05) is 6.04 Å². The third kappa shape index (κ3) is 1.86. The number of hydrogen-bond acceptors (Lipinski definition) is 3. The summed E-state index contributed by atoms with van der Waals surface area (Å²) < 4.78 is 39.9. The summed E-state index contributed by atoms with van der Waals surface area (Å²) in [5.74, 6) is -0.438. The van der Waals surface area contributed by atoms with Crippen molar-refractivity contribution < 1.29 is 12.8 Å². The number of fused-ring (bicyclic) bond motifs is 1. The van der Waals surface area contributed by atoms with Crippen molar-refractivity contribution in [3.63, 3.8) is 0 Å². The molecule has 4 nitrogen and oxygen atoms in total. The first kappa shape index (κ1) is 11.4. The van der Waals surface area contributed by atoms with Gasteiger partial charge in [-0.2, -0.15) is 4.72 Å². The maximum atomic E-state index is 13.5. The molecular formula is C10H10BrFN2O2S. The van der Waals surface area contributed by atoms with E-state index in [1.165, 1.54) is 12.1 Å². The first-order valence-corrected chi connectivity index (χ1v) is 7.52. The Morgan fingerprint density at radius 2 is 2.12 bits per heavy atom. The second kappa shape index (κ2) is 3.66. The zero-order valence-electron chi connectivity index (χ0n) is 8.78. The first-order valence-electron chi connectivity index (χ1n) is 5.24. The molecule has 7 heteroatoms. The fourth-order valence-corrected chi connectivity index (χ4v) is 3.67. The van der Waals surface area contributed by atoms with Gasteiger partial charge in [0.1, 0.15) is 10.7 Å². The molecule has 0 aromatic heterocycles. The summed E-state index contributed by atoms with van der Waals surface area (Å²) in [6.45, 7) is 0.223. The smallest absolute Gasteiger partial charge is 0.244 e. The first-order chi connectivity index (χ1) is 7.99. The molecule has 1 saturated carbocycles. The van der Waals surface area contributed by atoms with Crippen LogP contribution < -0.4 is 9.62 Å². The number of hydrogen-bond donors (Lipinski definition) is 1. The Morgan fingerprint density at radius 3 is 2.76 bits per heavy atom. The number of halogens is 2. The molecule has 1 aromatic carbocycles. The van der Waals surface area contributed by atoms with Crippen molar-refractivity contribution in [3.05, 3.63) is 22.4 Å². The second-order valence-electron chi connectivity index (χ2n) is 4.24. The zero-order valence-corrected chi connectivity index (χ0v) is 11.2. The number of sulfonamides is 1. The highest BCUT2D eigenvalue weighted by Gasteiger charge is 2.37. The zero-order chi connectivity index (χ0) is 12.2. The normalized spacial score (nSPS) is 22.4. The quantitative estimate of drug-likeness (QED) is 0.858. The van der Waals surface area contributed by atoms with Crippen molar-refractivity contribution in [1.82, 2.24) is 4.72 Å². The maximum absolute atomic E-state index is 13.5. The van der Waals surface area contributed by atoms with Crippen LogP contribution in [0.4, 0.5) is 10.1 Å². The van der Waals surface area contributed by atoms with Gasteiger partial charge in [-0.1, -0.05) is 0 Å². The molecule has 17 heavy (non-hydrogen) atoms. The van der Waals surface area contributed by atoms with E-state index in [1.54, 1.807) is 0 Å². The van der Waals surface area contributed by atoms with Crippen LogP contribution in [0.15, 0.2) is 21.5 Å². The molecule has 1 heterocycles. The molecule has 0 amide bonds. The Bertz CT molecular complexity index is 586. The van der Waals surface area contributed by atoms with Crippen molar-refractivity contribution in [2.75, 3.05) is 11.6 Å². The molecule has 0 spiro atoms. The topological polar surface area (TPSA) is 49.4 Å². The predicted octanol–water partition coefficient (Wildman–Crippen LogP) is 1.81. The van der Waals surface area contributed by atoms with Crippen molar-refractivity contribution in [3.8, 4) is 0 Å². The van der Waals surface area contributed by atoms with E-state index in [-0.39, 0.29) is 16.0 Å². The van der Waals surface area contributed by atoms with E-state index in [4.69, 9.17) is 0 Å². The van der Waals surface area contributed by atoms with Gasteiger partial charge in [-0.05, 0) is 40.9 Å². The van der Waals surface area contributed by atoms with Gasteiger partial charge in [-0.3, -0.25) is 0 Å². The van der Waals surface area contributed by atoms with Gasteiger partial charge in [0.15, 0.2) is 0 Å². The summed E-state index contributed by atoms with van der Waals surface area (Å²) in [4.78, 5) is 2.05. The monoisotopic (exact) mass is 320 g/mol. The second-order valence-corrected chi connectivity index (χ2v) is 6.83. The van der Waals surface area contributed by atoms with Crippen LogP contribution >= 0.6 is 15.9 Å². The van der Waals surface area contributed by atoms with Gasteiger partial charge < -0.3 is 4.90 Å². The van der Waals surface area contributed by atoms with E-state index in [9.17, 15) is 12.8 Å². The van der Waals surface area contributed by atoms with E-state index < -0.39 is 15.8 Å². The molecular weight excluding hydrogens is 311 g/mol. The minimum Gasteiger partial charge on any atom is -0.354 e. The summed E-state index contributed by atoms with van der Waals surface area (Å²) in [6, 6.07) is 2.94. The summed E-state index contributed by atoms with van der Waals surface area (Å²) in [5.41, 5.74) is 0.465. The molecule has 0 radical (unpaired) electrons. The predicted molar refractivity (Wildman–Crippen MR) is 64.8 cm³/mol. The standard InChI is InChI=1S/C10H10BrFN2O2S/c11-7-3-10-9(4-8(7)12)14(6-1-2-6)5-13-17(10,15)16/h3-4,6,13H,1-2,5H2. The number of rotatable bonds is 1. The van der Waals surface area contributed by atoms with E-state index in [0.29, 0.717) is 11.7 Å². The maximum Gasteiger partial charge on any atom is 0.244 e. The number of anilines is 1. The molecule has 0 atom stereocenters. The molecule has 3 rings (SSSR count). The van der Waals surface area contributed by atoms with Crippen molar-refractivity contribution in [2.24, 2.45) is 0 Å². The molecule has 1 aliphatic heterocycles. The average molecular weight is 321 g/mol. The highest BCUT2D eigenvalue weighted by Crippen LogP contribution is 2.39. The molecule has 0 saturated heterocycles. The van der Waals surface area contributed by atoms with Crippen molar-refractivity contribution >= 4 is 31.6 Å². The summed E-state index contributed by atoms with van der Waals surface area (Å²) in [7, 11) is -3.51. The van der Waals surface area contributed by atoms with E-state index in [2.05, 4.69) is 20.7 Å². The number of nitrogens with one attached hydrogen (secondary N) is 1. The lowest BCUT2D eigenvalue weighted by atomic mass is 10.2. The summed E-state index contributed by atoms with van der Waals surface area (Å²) in [5, 5.41) is 0. The number of nitrogens with zero attached hydrogens (tertiary/aromatic N) is 1. The molecule has 1 N–H and O–H groups in total. The Kier molecular flexibility index (Phi) is 2.46. The van der Waals surface area contributed by atoms with Crippen LogP contribution in [0.3, 0.4) is 0 Å². The van der Waals surface area contributed by atoms with Gasteiger partial charge >= 0.3 is 0 Å². The molecule has 1 aliphatic carbocycles.